The van der Waals surface area contributed by atoms with Crippen LogP contribution in [0.4, 0.5) is 0 Å². The molecule has 3 heterocycles. The molecule has 0 bridgehead atoms. The largest absolute Gasteiger partial charge is 0.335 e. The third-order valence-electron chi connectivity index (χ3n) is 3.99. The Balaban J connectivity index is 1.80. The average Bonchev–Trinajstić information content (AvgIpc) is 2.73. The molecule has 1 aromatic heterocycles. The van der Waals surface area contributed by atoms with Gasteiger partial charge < -0.3 is 9.88 Å². The van der Waals surface area contributed by atoms with Crippen molar-refractivity contribution in [3.05, 3.63) is 17.7 Å². The Bertz CT molecular complexity index is 363. The molecule has 1 aromatic rings. The quantitative estimate of drug-likeness (QED) is 0.782. The Morgan fingerprint density at radius 3 is 3.19 bits per heavy atom. The Hall–Kier alpha value is -0.830. The zero-order chi connectivity index (χ0) is 11.0. The van der Waals surface area contributed by atoms with E-state index in [-0.39, 0.29) is 0 Å². The van der Waals surface area contributed by atoms with Crippen molar-refractivity contribution < 1.29 is 0 Å². The molecule has 1 fully saturated rings. The molecule has 0 unspecified atom stereocenters. The summed E-state index contributed by atoms with van der Waals surface area (Å²) in [6.45, 7) is 5.80. The third kappa shape index (κ3) is 1.88. The van der Waals surface area contributed by atoms with Gasteiger partial charge in [-0.3, -0.25) is 0 Å². The molecule has 0 saturated carbocycles. The maximum Gasteiger partial charge on any atom is 0.109 e. The molecular formula is C13H21N3. The molecule has 0 amide bonds. The molecule has 3 nitrogen and oxygen atoms in total. The van der Waals surface area contributed by atoms with Gasteiger partial charge in [-0.05, 0) is 31.7 Å². The number of aromatic nitrogens is 2. The van der Waals surface area contributed by atoms with E-state index in [1.807, 2.05) is 0 Å². The van der Waals surface area contributed by atoms with Gasteiger partial charge in [-0.15, -0.1) is 0 Å². The first-order valence-corrected chi connectivity index (χ1v) is 6.59. The van der Waals surface area contributed by atoms with Gasteiger partial charge in [-0.1, -0.05) is 6.92 Å². The van der Waals surface area contributed by atoms with Crippen LogP contribution in [0.5, 0.6) is 0 Å². The van der Waals surface area contributed by atoms with Crippen molar-refractivity contribution >= 4 is 0 Å². The van der Waals surface area contributed by atoms with Crippen molar-refractivity contribution in [2.24, 2.45) is 5.92 Å². The highest BCUT2D eigenvalue weighted by Crippen LogP contribution is 2.26. The summed E-state index contributed by atoms with van der Waals surface area (Å²) in [5, 5.41) is 3.47. The number of aryl methyl sites for hydroxylation is 1. The molecule has 88 valence electrons. The van der Waals surface area contributed by atoms with E-state index in [0.29, 0.717) is 5.92 Å². The predicted octanol–water partition coefficient (Wildman–Crippen LogP) is 1.93. The zero-order valence-corrected chi connectivity index (χ0v) is 10.1. The lowest BCUT2D eigenvalue weighted by molar-refractivity contribution is 0.409. The van der Waals surface area contributed by atoms with E-state index in [4.69, 9.17) is 4.98 Å². The summed E-state index contributed by atoms with van der Waals surface area (Å²) in [4.78, 5) is 4.85. The first kappa shape index (κ1) is 10.3. The highest BCUT2D eigenvalue weighted by Gasteiger charge is 2.22. The fraction of sp³-hybridized carbons (Fsp3) is 0.769. The third-order valence-corrected chi connectivity index (χ3v) is 3.99. The van der Waals surface area contributed by atoms with Crippen molar-refractivity contribution in [1.82, 2.24) is 14.9 Å². The van der Waals surface area contributed by atoms with E-state index in [1.165, 1.54) is 50.3 Å². The Kier molecular flexibility index (Phi) is 2.72. The number of hydrogen-bond donors (Lipinski definition) is 1. The van der Waals surface area contributed by atoms with Gasteiger partial charge in [0.25, 0.3) is 0 Å². The van der Waals surface area contributed by atoms with E-state index >= 15 is 0 Å². The van der Waals surface area contributed by atoms with Crippen molar-refractivity contribution in [2.75, 3.05) is 13.1 Å². The molecule has 3 heteroatoms. The lowest BCUT2D eigenvalue weighted by Crippen LogP contribution is -2.28. The van der Waals surface area contributed by atoms with Gasteiger partial charge in [0, 0.05) is 31.6 Å². The maximum absolute atomic E-state index is 4.85. The summed E-state index contributed by atoms with van der Waals surface area (Å²) in [5.74, 6) is 2.79. The van der Waals surface area contributed by atoms with Crippen LogP contribution in [0.2, 0.25) is 0 Å². The van der Waals surface area contributed by atoms with Crippen LogP contribution in [0.1, 0.15) is 43.6 Å². The highest BCUT2D eigenvalue weighted by atomic mass is 15.1. The maximum atomic E-state index is 4.85. The molecule has 0 aromatic carbocycles. The van der Waals surface area contributed by atoms with Crippen LogP contribution in [-0.2, 0) is 13.0 Å². The lowest BCUT2D eigenvalue weighted by atomic mass is 9.97. The number of hydrogen-bond acceptors (Lipinski definition) is 2. The highest BCUT2D eigenvalue weighted by molar-refractivity contribution is 5.12. The van der Waals surface area contributed by atoms with Gasteiger partial charge in [0.05, 0.1) is 5.69 Å². The van der Waals surface area contributed by atoms with Gasteiger partial charge in [0.15, 0.2) is 0 Å². The Morgan fingerprint density at radius 1 is 1.44 bits per heavy atom. The minimum absolute atomic E-state index is 0.655. The van der Waals surface area contributed by atoms with Crippen LogP contribution < -0.4 is 5.32 Å². The number of piperidine rings is 1. The fourth-order valence-corrected chi connectivity index (χ4v) is 2.91. The molecular weight excluding hydrogens is 198 g/mol. The van der Waals surface area contributed by atoms with Crippen molar-refractivity contribution in [3.63, 3.8) is 0 Å². The second kappa shape index (κ2) is 4.21. The van der Waals surface area contributed by atoms with Gasteiger partial charge in [0.1, 0.15) is 5.82 Å². The van der Waals surface area contributed by atoms with Crippen molar-refractivity contribution in [2.45, 2.75) is 45.1 Å². The standard InChI is InChI=1S/C13H21N3/c1-10-4-6-16-9-12(15-13(16)7-10)11-3-2-5-14-8-11/h9-11,14H,2-8H2,1H3/t10-,11-/m1/s1. The smallest absolute Gasteiger partial charge is 0.109 e. The minimum Gasteiger partial charge on any atom is -0.335 e. The zero-order valence-electron chi connectivity index (χ0n) is 10.1. The first-order valence-electron chi connectivity index (χ1n) is 6.59. The van der Waals surface area contributed by atoms with Gasteiger partial charge in [-0.2, -0.15) is 0 Å². The van der Waals surface area contributed by atoms with Crippen LogP contribution in [0, 0.1) is 5.92 Å². The van der Waals surface area contributed by atoms with Crippen LogP contribution in [0.3, 0.4) is 0 Å². The number of rotatable bonds is 1. The predicted molar refractivity (Wildman–Crippen MR) is 64.6 cm³/mol. The second-order valence-electron chi connectivity index (χ2n) is 5.42. The molecule has 3 rings (SSSR count). The summed E-state index contributed by atoms with van der Waals surface area (Å²) in [6.07, 6.45) is 7.38. The molecule has 0 radical (unpaired) electrons. The number of nitrogens with zero attached hydrogens (tertiary/aromatic N) is 2. The number of imidazole rings is 1. The van der Waals surface area contributed by atoms with Crippen LogP contribution in [0.25, 0.3) is 0 Å². The number of nitrogens with one attached hydrogen (secondary N) is 1. The molecule has 2 aliphatic heterocycles. The van der Waals surface area contributed by atoms with Crippen LogP contribution in [0.15, 0.2) is 6.20 Å². The second-order valence-corrected chi connectivity index (χ2v) is 5.42. The van der Waals surface area contributed by atoms with Crippen molar-refractivity contribution in [3.8, 4) is 0 Å². The van der Waals surface area contributed by atoms with Crippen molar-refractivity contribution in [1.29, 1.82) is 0 Å². The Labute approximate surface area is 97.3 Å². The number of fused-ring (bicyclic) bond motifs is 1. The summed E-state index contributed by atoms with van der Waals surface area (Å²) < 4.78 is 2.38. The van der Waals surface area contributed by atoms with E-state index in [2.05, 4.69) is 23.0 Å². The summed E-state index contributed by atoms with van der Waals surface area (Å²) in [5.41, 5.74) is 1.33. The molecule has 0 spiro atoms. The van der Waals surface area contributed by atoms with Crippen LogP contribution >= 0.6 is 0 Å². The molecule has 1 N–H and O–H groups in total. The molecule has 1 saturated heterocycles. The van der Waals surface area contributed by atoms with E-state index in [0.717, 1.165) is 12.5 Å². The SMILES string of the molecule is C[C@@H]1CCn2cc([C@@H]3CCCNC3)nc2C1. The summed E-state index contributed by atoms with van der Waals surface area (Å²) in [6, 6.07) is 0. The summed E-state index contributed by atoms with van der Waals surface area (Å²) >= 11 is 0. The molecule has 2 atom stereocenters. The summed E-state index contributed by atoms with van der Waals surface area (Å²) in [7, 11) is 0. The van der Waals surface area contributed by atoms with Gasteiger partial charge in [-0.25, -0.2) is 4.98 Å². The molecule has 16 heavy (non-hydrogen) atoms. The van der Waals surface area contributed by atoms with Crippen LogP contribution in [-0.4, -0.2) is 22.6 Å². The average molecular weight is 219 g/mol. The van der Waals surface area contributed by atoms with E-state index < -0.39 is 0 Å². The monoisotopic (exact) mass is 219 g/mol. The topological polar surface area (TPSA) is 29.9 Å². The molecule has 2 aliphatic rings. The van der Waals surface area contributed by atoms with E-state index in [1.54, 1.807) is 0 Å². The molecule has 0 aliphatic carbocycles. The van der Waals surface area contributed by atoms with E-state index in [9.17, 15) is 0 Å². The van der Waals surface area contributed by atoms with Gasteiger partial charge in [0.2, 0.25) is 0 Å². The normalized spacial score (nSPS) is 30.1. The fourth-order valence-electron chi connectivity index (χ4n) is 2.91. The first-order chi connectivity index (χ1) is 7.83. The minimum atomic E-state index is 0.655. The van der Waals surface area contributed by atoms with Gasteiger partial charge >= 0.3 is 0 Å². The Morgan fingerprint density at radius 2 is 2.38 bits per heavy atom. The lowest BCUT2D eigenvalue weighted by Gasteiger charge is -2.20.